The van der Waals surface area contributed by atoms with Crippen molar-refractivity contribution < 1.29 is 15.0 Å². The van der Waals surface area contributed by atoms with Crippen molar-refractivity contribution in [1.82, 2.24) is 9.55 Å². The highest BCUT2D eigenvalue weighted by Crippen LogP contribution is 2.23. The lowest BCUT2D eigenvalue weighted by Crippen LogP contribution is -2.31. The van der Waals surface area contributed by atoms with E-state index >= 15 is 0 Å². The number of benzene rings is 1. The van der Waals surface area contributed by atoms with E-state index in [9.17, 15) is 15.0 Å². The van der Waals surface area contributed by atoms with Crippen molar-refractivity contribution in [2.24, 2.45) is 0 Å². The van der Waals surface area contributed by atoms with E-state index in [1.54, 1.807) is 13.1 Å². The Morgan fingerprint density at radius 3 is 2.75 bits per heavy atom. The molecule has 1 heterocycles. The maximum Gasteiger partial charge on any atom is 0.169 e. The third-order valence-corrected chi connectivity index (χ3v) is 3.84. The normalized spacial score (nSPS) is 12.3. The molecule has 0 saturated heterocycles. The summed E-state index contributed by atoms with van der Waals surface area (Å²) in [6, 6.07) is 9.78. The van der Waals surface area contributed by atoms with Crippen molar-refractivity contribution in [3.05, 3.63) is 47.8 Å². The lowest BCUT2D eigenvalue weighted by Gasteiger charge is -2.13. The van der Waals surface area contributed by atoms with Gasteiger partial charge in [0.05, 0.1) is 18.3 Å². The summed E-state index contributed by atoms with van der Waals surface area (Å²) in [7, 11) is 0. The molecule has 1 N–H and O–H groups in total. The number of aliphatic carboxylic acids is 1. The van der Waals surface area contributed by atoms with Gasteiger partial charge in [0, 0.05) is 18.0 Å². The van der Waals surface area contributed by atoms with E-state index in [0.29, 0.717) is 17.4 Å². The zero-order valence-electron chi connectivity index (χ0n) is 11.0. The van der Waals surface area contributed by atoms with Crippen LogP contribution in [0.15, 0.2) is 41.7 Å². The summed E-state index contributed by atoms with van der Waals surface area (Å²) >= 11 is 1.11. The van der Waals surface area contributed by atoms with Gasteiger partial charge in [-0.25, -0.2) is 4.98 Å². The molecule has 6 heteroatoms. The fourth-order valence-electron chi connectivity index (χ4n) is 1.72. The number of nitrogens with zero attached hydrogens (tertiary/aromatic N) is 2. The van der Waals surface area contributed by atoms with Crippen LogP contribution >= 0.6 is 11.8 Å². The number of aliphatic hydroxyl groups excluding tert-OH is 1. The highest BCUT2D eigenvalue weighted by Gasteiger charge is 2.13. The average Bonchev–Trinajstić information content (AvgIpc) is 2.82. The van der Waals surface area contributed by atoms with Gasteiger partial charge in [0.25, 0.3) is 0 Å². The predicted octanol–water partition coefficient (Wildman–Crippen LogP) is 0.654. The summed E-state index contributed by atoms with van der Waals surface area (Å²) in [5.74, 6) is -1.13. The Balaban J connectivity index is 2.22. The lowest BCUT2D eigenvalue weighted by molar-refractivity contribution is -0.304. The third-order valence-electron chi connectivity index (χ3n) is 2.76. The number of imidazole rings is 1. The summed E-state index contributed by atoms with van der Waals surface area (Å²) in [5, 5.41) is 19.9. The van der Waals surface area contributed by atoms with E-state index in [4.69, 9.17) is 0 Å². The zero-order valence-corrected chi connectivity index (χ0v) is 11.8. The van der Waals surface area contributed by atoms with E-state index in [0.717, 1.165) is 17.3 Å². The number of aliphatic hydroxyl groups is 1. The fourth-order valence-corrected chi connectivity index (χ4v) is 2.56. The SMILES string of the molecule is C[C@@H](Sc1nc(CO)cn1Cc1ccccc1)C(=O)[O-]. The molecule has 2 rings (SSSR count). The van der Waals surface area contributed by atoms with Gasteiger partial charge in [0.15, 0.2) is 5.16 Å². The molecule has 0 fully saturated rings. The van der Waals surface area contributed by atoms with Crippen molar-refractivity contribution in [3.63, 3.8) is 0 Å². The number of carboxylic acids is 1. The van der Waals surface area contributed by atoms with Crippen LogP contribution in [0.2, 0.25) is 0 Å². The van der Waals surface area contributed by atoms with Crippen LogP contribution in [0, 0.1) is 0 Å². The van der Waals surface area contributed by atoms with Gasteiger partial charge in [-0.3, -0.25) is 0 Å². The Morgan fingerprint density at radius 1 is 1.45 bits per heavy atom. The molecule has 20 heavy (non-hydrogen) atoms. The summed E-state index contributed by atoms with van der Waals surface area (Å²) < 4.78 is 1.84. The summed E-state index contributed by atoms with van der Waals surface area (Å²) in [5.41, 5.74) is 1.60. The van der Waals surface area contributed by atoms with Crippen LogP contribution in [0.25, 0.3) is 0 Å². The molecule has 2 aromatic rings. The molecular formula is C14H15N2O3S-. The third kappa shape index (κ3) is 3.61. The van der Waals surface area contributed by atoms with Crippen molar-refractivity contribution in [1.29, 1.82) is 0 Å². The van der Waals surface area contributed by atoms with Gasteiger partial charge in [0.2, 0.25) is 0 Å². The predicted molar refractivity (Wildman–Crippen MR) is 74.0 cm³/mol. The Morgan fingerprint density at radius 2 is 2.15 bits per heavy atom. The van der Waals surface area contributed by atoms with Crippen LogP contribution in [0.3, 0.4) is 0 Å². The van der Waals surface area contributed by atoms with Crippen molar-refractivity contribution in [2.75, 3.05) is 0 Å². The van der Waals surface area contributed by atoms with E-state index in [1.165, 1.54) is 0 Å². The molecule has 106 valence electrons. The highest BCUT2D eigenvalue weighted by molar-refractivity contribution is 8.00. The van der Waals surface area contributed by atoms with E-state index < -0.39 is 11.2 Å². The van der Waals surface area contributed by atoms with E-state index in [1.807, 2.05) is 34.9 Å². The maximum absolute atomic E-state index is 10.8. The molecule has 0 bridgehead atoms. The molecule has 1 aromatic heterocycles. The number of carbonyl (C=O) groups is 1. The van der Waals surface area contributed by atoms with E-state index in [-0.39, 0.29) is 6.61 Å². The van der Waals surface area contributed by atoms with Crippen molar-refractivity contribution in [3.8, 4) is 0 Å². The average molecular weight is 291 g/mol. The molecule has 5 nitrogen and oxygen atoms in total. The highest BCUT2D eigenvalue weighted by atomic mass is 32.2. The molecule has 0 saturated carbocycles. The summed E-state index contributed by atoms with van der Waals surface area (Å²) in [4.78, 5) is 15.1. The fraction of sp³-hybridized carbons (Fsp3) is 0.286. The molecule has 0 amide bonds. The summed E-state index contributed by atoms with van der Waals surface area (Å²) in [6.07, 6.45) is 1.73. The number of rotatable bonds is 6. The molecule has 0 aliphatic heterocycles. The minimum Gasteiger partial charge on any atom is -0.549 e. The smallest absolute Gasteiger partial charge is 0.169 e. The van der Waals surface area contributed by atoms with Gasteiger partial charge in [-0.05, 0) is 12.5 Å². The molecule has 0 aliphatic rings. The first-order valence-electron chi connectivity index (χ1n) is 6.18. The van der Waals surface area contributed by atoms with Crippen LogP contribution < -0.4 is 5.11 Å². The van der Waals surface area contributed by atoms with Gasteiger partial charge < -0.3 is 19.6 Å². The molecule has 0 radical (unpaired) electrons. The largest absolute Gasteiger partial charge is 0.549 e. The van der Waals surface area contributed by atoms with Crippen LogP contribution in [0.4, 0.5) is 0 Å². The number of thioether (sulfide) groups is 1. The molecule has 0 aliphatic carbocycles. The Bertz CT molecular complexity index is 583. The second kappa shape index (κ2) is 6.58. The van der Waals surface area contributed by atoms with Gasteiger partial charge in [-0.2, -0.15) is 0 Å². The molecule has 1 atom stereocenters. The first-order valence-corrected chi connectivity index (χ1v) is 7.06. The second-order valence-electron chi connectivity index (χ2n) is 4.37. The molecule has 0 spiro atoms. The quantitative estimate of drug-likeness (QED) is 0.791. The van der Waals surface area contributed by atoms with Crippen LogP contribution in [-0.2, 0) is 17.9 Å². The monoisotopic (exact) mass is 291 g/mol. The van der Waals surface area contributed by atoms with Crippen molar-refractivity contribution in [2.45, 2.75) is 30.5 Å². The van der Waals surface area contributed by atoms with Crippen LogP contribution in [-0.4, -0.2) is 25.9 Å². The van der Waals surface area contributed by atoms with Gasteiger partial charge >= 0.3 is 0 Å². The Labute approximate surface area is 121 Å². The van der Waals surface area contributed by atoms with Gasteiger partial charge in [0.1, 0.15) is 0 Å². The number of hydrogen-bond donors (Lipinski definition) is 1. The number of carboxylic acid groups (broad SMARTS) is 1. The van der Waals surface area contributed by atoms with Crippen LogP contribution in [0.1, 0.15) is 18.2 Å². The minimum atomic E-state index is -1.13. The van der Waals surface area contributed by atoms with Gasteiger partial charge in [-0.15, -0.1) is 0 Å². The van der Waals surface area contributed by atoms with Crippen LogP contribution in [0.5, 0.6) is 0 Å². The first kappa shape index (κ1) is 14.6. The van der Waals surface area contributed by atoms with Gasteiger partial charge in [-0.1, -0.05) is 42.1 Å². The van der Waals surface area contributed by atoms with E-state index in [2.05, 4.69) is 4.98 Å². The number of carbonyl (C=O) groups excluding carboxylic acids is 1. The standard InChI is InChI=1S/C14H16N2O3S/c1-10(13(18)19)20-14-15-12(9-17)8-16(14)7-11-5-3-2-4-6-11/h2-6,8,10,17H,7,9H2,1H3,(H,18,19)/p-1/t10-/m1/s1. The topological polar surface area (TPSA) is 78.2 Å². The lowest BCUT2D eigenvalue weighted by atomic mass is 10.2. The maximum atomic E-state index is 10.8. The molecule has 0 unspecified atom stereocenters. The summed E-state index contributed by atoms with van der Waals surface area (Å²) in [6.45, 7) is 1.96. The second-order valence-corrected chi connectivity index (χ2v) is 5.67. The number of aromatic nitrogens is 2. The molecule has 1 aromatic carbocycles. The molecular weight excluding hydrogens is 276 g/mol. The Hall–Kier alpha value is -1.79. The minimum absolute atomic E-state index is 0.172. The Kier molecular flexibility index (Phi) is 4.81. The van der Waals surface area contributed by atoms with Crippen molar-refractivity contribution >= 4 is 17.7 Å². The first-order chi connectivity index (χ1) is 9.60. The number of hydrogen-bond acceptors (Lipinski definition) is 5. The zero-order chi connectivity index (χ0) is 14.5.